The summed E-state index contributed by atoms with van der Waals surface area (Å²) in [7, 11) is 0. The van der Waals surface area contributed by atoms with E-state index in [2.05, 4.69) is 11.9 Å². The van der Waals surface area contributed by atoms with E-state index in [4.69, 9.17) is 0 Å². The molecular weight excluding hydrogens is 252 g/mol. The zero-order chi connectivity index (χ0) is 14.2. The number of fused-ring (bicyclic) bond motifs is 1. The van der Waals surface area contributed by atoms with Crippen LogP contribution in [0.25, 0.3) is 11.0 Å². The number of hydrogen-bond acceptors (Lipinski definition) is 2. The Morgan fingerprint density at radius 3 is 2.80 bits per heavy atom. The molecule has 1 fully saturated rings. The second kappa shape index (κ2) is 4.93. The highest BCUT2D eigenvalue weighted by molar-refractivity contribution is 6.01. The van der Waals surface area contributed by atoms with E-state index in [9.17, 15) is 9.90 Å². The van der Waals surface area contributed by atoms with Crippen LogP contribution in [0.4, 0.5) is 0 Å². The van der Waals surface area contributed by atoms with Gasteiger partial charge in [-0.3, -0.25) is 0 Å². The summed E-state index contributed by atoms with van der Waals surface area (Å²) < 4.78 is 2.05. The zero-order valence-electron chi connectivity index (χ0n) is 11.8. The summed E-state index contributed by atoms with van der Waals surface area (Å²) in [4.78, 5) is 15.8. The SMILES string of the molecule is CCC1(Cn2cnc3cccc(C(=O)O)c32)CCCC1. The predicted molar refractivity (Wildman–Crippen MR) is 77.9 cm³/mol. The number of aromatic nitrogens is 2. The molecule has 0 aliphatic heterocycles. The Kier molecular flexibility index (Phi) is 3.24. The Morgan fingerprint density at radius 1 is 1.40 bits per heavy atom. The summed E-state index contributed by atoms with van der Waals surface area (Å²) in [6.45, 7) is 3.12. The lowest BCUT2D eigenvalue weighted by atomic mass is 9.83. The first kappa shape index (κ1) is 13.2. The average molecular weight is 272 g/mol. The summed E-state index contributed by atoms with van der Waals surface area (Å²) in [5.41, 5.74) is 2.21. The molecule has 0 atom stereocenters. The molecule has 1 aliphatic rings. The van der Waals surface area contributed by atoms with E-state index >= 15 is 0 Å². The molecule has 0 bridgehead atoms. The fraction of sp³-hybridized carbons (Fsp3) is 0.500. The lowest BCUT2D eigenvalue weighted by Gasteiger charge is -2.28. The number of para-hydroxylation sites is 1. The van der Waals surface area contributed by atoms with Gasteiger partial charge in [0.1, 0.15) is 0 Å². The fourth-order valence-electron chi connectivity index (χ4n) is 3.53. The minimum atomic E-state index is -0.880. The number of carboxylic acid groups (broad SMARTS) is 1. The van der Waals surface area contributed by atoms with Crippen LogP contribution in [0.2, 0.25) is 0 Å². The molecular formula is C16H20N2O2. The minimum Gasteiger partial charge on any atom is -0.478 e. The number of nitrogens with zero attached hydrogens (tertiary/aromatic N) is 2. The third-order valence-corrected chi connectivity index (χ3v) is 4.79. The lowest BCUT2D eigenvalue weighted by Crippen LogP contribution is -2.22. The largest absolute Gasteiger partial charge is 0.478 e. The molecule has 20 heavy (non-hydrogen) atoms. The van der Waals surface area contributed by atoms with Gasteiger partial charge >= 0.3 is 5.97 Å². The van der Waals surface area contributed by atoms with Crippen LogP contribution in [0.15, 0.2) is 24.5 Å². The molecule has 1 aromatic carbocycles. The van der Waals surface area contributed by atoms with E-state index in [-0.39, 0.29) is 0 Å². The van der Waals surface area contributed by atoms with Crippen LogP contribution in [0.1, 0.15) is 49.4 Å². The number of hydrogen-bond donors (Lipinski definition) is 1. The topological polar surface area (TPSA) is 55.1 Å². The molecule has 1 aromatic heterocycles. The summed E-state index contributed by atoms with van der Waals surface area (Å²) in [5, 5.41) is 9.37. The summed E-state index contributed by atoms with van der Waals surface area (Å²) in [6, 6.07) is 5.30. The molecule has 1 saturated carbocycles. The Morgan fingerprint density at radius 2 is 2.15 bits per heavy atom. The van der Waals surface area contributed by atoms with Crippen LogP contribution in [0.5, 0.6) is 0 Å². The molecule has 4 heteroatoms. The van der Waals surface area contributed by atoms with Crippen molar-refractivity contribution in [1.29, 1.82) is 0 Å². The highest BCUT2D eigenvalue weighted by atomic mass is 16.4. The van der Waals surface area contributed by atoms with Gasteiger partial charge in [-0.1, -0.05) is 25.8 Å². The summed E-state index contributed by atoms with van der Waals surface area (Å²) in [5.74, 6) is -0.880. The number of aromatic carboxylic acids is 1. The van der Waals surface area contributed by atoms with E-state index in [0.717, 1.165) is 24.0 Å². The second-order valence-corrected chi connectivity index (χ2v) is 5.91. The van der Waals surface area contributed by atoms with Gasteiger partial charge in [0.15, 0.2) is 0 Å². The lowest BCUT2D eigenvalue weighted by molar-refractivity contribution is 0.0698. The summed E-state index contributed by atoms with van der Waals surface area (Å²) in [6.07, 6.45) is 7.98. The van der Waals surface area contributed by atoms with Crippen LogP contribution in [0, 0.1) is 5.41 Å². The highest BCUT2D eigenvalue weighted by Gasteiger charge is 2.33. The first-order valence-electron chi connectivity index (χ1n) is 7.32. The predicted octanol–water partition coefficient (Wildman–Crippen LogP) is 3.70. The van der Waals surface area contributed by atoms with Gasteiger partial charge in [-0.15, -0.1) is 0 Å². The van der Waals surface area contributed by atoms with Crippen molar-refractivity contribution in [2.24, 2.45) is 5.41 Å². The molecule has 3 rings (SSSR count). The van der Waals surface area contributed by atoms with Crippen LogP contribution >= 0.6 is 0 Å². The number of carbonyl (C=O) groups is 1. The van der Waals surface area contributed by atoms with Crippen molar-refractivity contribution < 1.29 is 9.90 Å². The molecule has 0 radical (unpaired) electrons. The molecule has 4 nitrogen and oxygen atoms in total. The van der Waals surface area contributed by atoms with E-state index in [1.54, 1.807) is 18.5 Å². The fourth-order valence-corrected chi connectivity index (χ4v) is 3.53. The van der Waals surface area contributed by atoms with Gasteiger partial charge in [0.25, 0.3) is 0 Å². The van der Waals surface area contributed by atoms with Crippen LogP contribution in [-0.4, -0.2) is 20.6 Å². The van der Waals surface area contributed by atoms with Crippen molar-refractivity contribution in [3.05, 3.63) is 30.1 Å². The Labute approximate surface area is 118 Å². The highest BCUT2D eigenvalue weighted by Crippen LogP contribution is 2.42. The van der Waals surface area contributed by atoms with Crippen molar-refractivity contribution in [2.45, 2.75) is 45.6 Å². The second-order valence-electron chi connectivity index (χ2n) is 5.91. The van der Waals surface area contributed by atoms with Gasteiger partial charge in [-0.2, -0.15) is 0 Å². The van der Waals surface area contributed by atoms with E-state index in [1.165, 1.54) is 25.7 Å². The van der Waals surface area contributed by atoms with E-state index < -0.39 is 5.97 Å². The maximum atomic E-state index is 11.4. The number of benzene rings is 1. The van der Waals surface area contributed by atoms with Crippen molar-refractivity contribution in [1.82, 2.24) is 9.55 Å². The molecule has 1 aliphatic carbocycles. The number of rotatable bonds is 4. The van der Waals surface area contributed by atoms with Crippen LogP contribution in [-0.2, 0) is 6.54 Å². The van der Waals surface area contributed by atoms with E-state index in [0.29, 0.717) is 11.0 Å². The Balaban J connectivity index is 2.06. The van der Waals surface area contributed by atoms with Crippen molar-refractivity contribution in [3.63, 3.8) is 0 Å². The van der Waals surface area contributed by atoms with Crippen molar-refractivity contribution >= 4 is 17.0 Å². The zero-order valence-corrected chi connectivity index (χ0v) is 11.8. The van der Waals surface area contributed by atoms with Gasteiger partial charge in [-0.25, -0.2) is 9.78 Å². The molecule has 1 N–H and O–H groups in total. The van der Waals surface area contributed by atoms with Crippen molar-refractivity contribution in [2.75, 3.05) is 0 Å². The standard InChI is InChI=1S/C16H20N2O2/c1-2-16(8-3-4-9-16)10-18-11-17-13-7-5-6-12(14(13)18)15(19)20/h5-7,11H,2-4,8-10H2,1H3,(H,19,20). The smallest absolute Gasteiger partial charge is 0.337 e. The first-order valence-corrected chi connectivity index (χ1v) is 7.32. The molecule has 106 valence electrons. The number of imidazole rings is 1. The van der Waals surface area contributed by atoms with Gasteiger partial charge in [-0.05, 0) is 36.8 Å². The number of carboxylic acids is 1. The molecule has 0 unspecified atom stereocenters. The Hall–Kier alpha value is -1.84. The van der Waals surface area contributed by atoms with Gasteiger partial charge in [0.2, 0.25) is 0 Å². The molecule has 0 amide bonds. The van der Waals surface area contributed by atoms with Crippen LogP contribution < -0.4 is 0 Å². The normalized spacial score (nSPS) is 17.6. The minimum absolute atomic E-state index is 0.319. The first-order chi connectivity index (χ1) is 9.65. The monoisotopic (exact) mass is 272 g/mol. The third kappa shape index (κ3) is 2.09. The average Bonchev–Trinajstić information content (AvgIpc) is 3.07. The molecule has 0 saturated heterocycles. The molecule has 0 spiro atoms. The summed E-state index contributed by atoms with van der Waals surface area (Å²) >= 11 is 0. The molecule has 2 aromatic rings. The maximum Gasteiger partial charge on any atom is 0.337 e. The van der Waals surface area contributed by atoms with Crippen LogP contribution in [0.3, 0.4) is 0 Å². The van der Waals surface area contributed by atoms with E-state index in [1.807, 2.05) is 10.6 Å². The van der Waals surface area contributed by atoms with Gasteiger partial charge in [0, 0.05) is 6.54 Å². The third-order valence-electron chi connectivity index (χ3n) is 4.79. The van der Waals surface area contributed by atoms with Gasteiger partial charge < -0.3 is 9.67 Å². The maximum absolute atomic E-state index is 11.4. The quantitative estimate of drug-likeness (QED) is 0.923. The van der Waals surface area contributed by atoms with Crippen molar-refractivity contribution in [3.8, 4) is 0 Å². The van der Waals surface area contributed by atoms with Gasteiger partial charge in [0.05, 0.1) is 22.9 Å². The Bertz CT molecular complexity index is 639. The molecule has 1 heterocycles.